The van der Waals surface area contributed by atoms with E-state index < -0.39 is 30.1 Å². The van der Waals surface area contributed by atoms with Crippen LogP contribution in [0.3, 0.4) is 0 Å². The number of carboxylic acid groups (broad SMARTS) is 1. The number of aliphatic hydroxyl groups excluding tert-OH is 1. The van der Waals surface area contributed by atoms with Gasteiger partial charge in [0.15, 0.2) is 0 Å². The molecule has 1 heterocycles. The summed E-state index contributed by atoms with van der Waals surface area (Å²) < 4.78 is 0. The average molecular weight is 314 g/mol. The molecule has 0 aromatic rings. The van der Waals surface area contributed by atoms with Gasteiger partial charge in [0, 0.05) is 32.7 Å². The van der Waals surface area contributed by atoms with E-state index >= 15 is 0 Å². The second kappa shape index (κ2) is 7.88. The van der Waals surface area contributed by atoms with Crippen LogP contribution in [-0.2, 0) is 19.2 Å². The molecule has 0 aromatic heterocycles. The van der Waals surface area contributed by atoms with Crippen LogP contribution in [0.5, 0.6) is 0 Å². The molecule has 1 saturated heterocycles. The third-order valence-corrected chi connectivity index (χ3v) is 3.71. The first kappa shape index (κ1) is 18.1. The summed E-state index contributed by atoms with van der Waals surface area (Å²) in [6.07, 6.45) is -0.344. The molecule has 8 heteroatoms. The normalized spacial score (nSPS) is 22.2. The molecule has 1 rings (SSSR count). The highest BCUT2D eigenvalue weighted by atomic mass is 16.4. The van der Waals surface area contributed by atoms with Crippen LogP contribution >= 0.6 is 0 Å². The van der Waals surface area contributed by atoms with Crippen molar-refractivity contribution in [1.82, 2.24) is 10.2 Å². The Labute approximate surface area is 128 Å². The van der Waals surface area contributed by atoms with Crippen molar-refractivity contribution >= 4 is 23.6 Å². The van der Waals surface area contributed by atoms with E-state index in [1.807, 2.05) is 0 Å². The van der Waals surface area contributed by atoms with E-state index in [0.717, 1.165) is 0 Å². The Morgan fingerprint density at radius 1 is 1.32 bits per heavy atom. The summed E-state index contributed by atoms with van der Waals surface area (Å²) in [5.41, 5.74) is 0. The Balaban J connectivity index is 2.68. The topological polar surface area (TPSA) is 124 Å². The van der Waals surface area contributed by atoms with Gasteiger partial charge in [0.1, 0.15) is 17.9 Å². The van der Waals surface area contributed by atoms with Crippen LogP contribution < -0.4 is 5.32 Å². The van der Waals surface area contributed by atoms with Crippen molar-refractivity contribution in [3.05, 3.63) is 0 Å². The number of carbonyl (C=O) groups excluding carboxylic acids is 3. The monoisotopic (exact) mass is 314 g/mol. The number of ketones is 1. The maximum atomic E-state index is 12.2. The number of nitrogens with one attached hydrogen (secondary N) is 1. The lowest BCUT2D eigenvalue weighted by atomic mass is 10.1. The van der Waals surface area contributed by atoms with E-state index in [1.54, 1.807) is 6.92 Å². The van der Waals surface area contributed by atoms with Crippen molar-refractivity contribution < 1.29 is 29.4 Å². The molecule has 0 spiro atoms. The standard InChI is InChI=1S/C14H22N2O6/c1-3-9(18)4-5-11(14(21)22)15-13(20)12-6-10(19)7-16(12)8(2)17/h10-12,19H,3-7H2,1-2H3,(H,15,20)(H,21,22)/t10-,11+,12+/m1/s1. The SMILES string of the molecule is CCC(=O)CC[C@H](NC(=O)[C@@H]1C[C@@H](O)CN1C(C)=O)C(=O)O. The van der Waals surface area contributed by atoms with E-state index in [1.165, 1.54) is 11.8 Å². The minimum Gasteiger partial charge on any atom is -0.480 e. The number of aliphatic hydroxyl groups is 1. The molecule has 22 heavy (non-hydrogen) atoms. The van der Waals surface area contributed by atoms with Crippen LogP contribution in [0, 0.1) is 0 Å². The number of amides is 2. The van der Waals surface area contributed by atoms with Gasteiger partial charge in [-0.3, -0.25) is 14.4 Å². The summed E-state index contributed by atoms with van der Waals surface area (Å²) in [5, 5.41) is 21.1. The average Bonchev–Trinajstić information content (AvgIpc) is 2.84. The van der Waals surface area contributed by atoms with Crippen LogP contribution in [0.25, 0.3) is 0 Å². The van der Waals surface area contributed by atoms with Gasteiger partial charge in [0.05, 0.1) is 6.10 Å². The molecule has 2 amide bonds. The van der Waals surface area contributed by atoms with E-state index in [9.17, 15) is 24.3 Å². The van der Waals surface area contributed by atoms with Crippen LogP contribution in [0.2, 0.25) is 0 Å². The highest BCUT2D eigenvalue weighted by molar-refractivity contribution is 5.90. The number of nitrogens with zero attached hydrogens (tertiary/aromatic N) is 1. The molecule has 8 nitrogen and oxygen atoms in total. The third kappa shape index (κ3) is 4.80. The highest BCUT2D eigenvalue weighted by Gasteiger charge is 2.38. The fourth-order valence-electron chi connectivity index (χ4n) is 2.42. The van der Waals surface area contributed by atoms with Crippen molar-refractivity contribution in [2.24, 2.45) is 0 Å². The van der Waals surface area contributed by atoms with Crippen molar-refractivity contribution in [3.63, 3.8) is 0 Å². The Hall–Kier alpha value is -1.96. The van der Waals surface area contributed by atoms with Gasteiger partial charge < -0.3 is 20.4 Å². The molecule has 3 atom stereocenters. The quantitative estimate of drug-likeness (QED) is 0.570. The van der Waals surface area contributed by atoms with Gasteiger partial charge in [0.2, 0.25) is 11.8 Å². The molecule has 1 aliphatic heterocycles. The largest absolute Gasteiger partial charge is 0.480 e. The molecular weight excluding hydrogens is 292 g/mol. The number of rotatable bonds is 7. The molecule has 1 fully saturated rings. The summed E-state index contributed by atoms with van der Waals surface area (Å²) in [4.78, 5) is 47.3. The zero-order valence-electron chi connectivity index (χ0n) is 12.7. The fourth-order valence-corrected chi connectivity index (χ4v) is 2.42. The minimum absolute atomic E-state index is 0.00307. The Morgan fingerprint density at radius 2 is 1.95 bits per heavy atom. The molecular formula is C14H22N2O6. The summed E-state index contributed by atoms with van der Waals surface area (Å²) in [7, 11) is 0. The van der Waals surface area contributed by atoms with E-state index in [4.69, 9.17) is 5.11 Å². The molecule has 3 N–H and O–H groups in total. The van der Waals surface area contributed by atoms with Gasteiger partial charge >= 0.3 is 5.97 Å². The summed E-state index contributed by atoms with van der Waals surface area (Å²) >= 11 is 0. The number of likely N-dealkylation sites (tertiary alicyclic amines) is 1. The summed E-state index contributed by atoms with van der Waals surface area (Å²) in [6, 6.07) is -2.06. The Bertz CT molecular complexity index is 464. The van der Waals surface area contributed by atoms with E-state index in [-0.39, 0.29) is 37.5 Å². The van der Waals surface area contributed by atoms with Gasteiger partial charge in [-0.15, -0.1) is 0 Å². The summed E-state index contributed by atoms with van der Waals surface area (Å²) in [6.45, 7) is 3.02. The van der Waals surface area contributed by atoms with Gasteiger partial charge in [-0.1, -0.05) is 6.92 Å². The predicted octanol–water partition coefficient (Wildman–Crippen LogP) is -0.703. The van der Waals surface area contributed by atoms with Crippen molar-refractivity contribution in [2.75, 3.05) is 6.54 Å². The van der Waals surface area contributed by atoms with Crippen molar-refractivity contribution in [1.29, 1.82) is 0 Å². The number of carboxylic acids is 1. The molecule has 0 aliphatic carbocycles. The molecule has 124 valence electrons. The fraction of sp³-hybridized carbons (Fsp3) is 0.714. The predicted molar refractivity (Wildman–Crippen MR) is 75.9 cm³/mol. The summed E-state index contributed by atoms with van der Waals surface area (Å²) in [5.74, 6) is -2.29. The minimum atomic E-state index is -1.23. The molecule has 0 aromatic carbocycles. The number of hydrogen-bond acceptors (Lipinski definition) is 5. The molecule has 0 radical (unpaired) electrons. The first-order valence-corrected chi connectivity index (χ1v) is 7.26. The van der Waals surface area contributed by atoms with Gasteiger partial charge in [-0.25, -0.2) is 4.79 Å². The van der Waals surface area contributed by atoms with Crippen LogP contribution in [0.4, 0.5) is 0 Å². The van der Waals surface area contributed by atoms with Crippen LogP contribution in [0.1, 0.15) is 39.5 Å². The zero-order chi connectivity index (χ0) is 16.9. The number of hydrogen-bond donors (Lipinski definition) is 3. The molecule has 0 bridgehead atoms. The van der Waals surface area contributed by atoms with E-state index in [0.29, 0.717) is 6.42 Å². The van der Waals surface area contributed by atoms with Crippen LogP contribution in [0.15, 0.2) is 0 Å². The Morgan fingerprint density at radius 3 is 2.45 bits per heavy atom. The van der Waals surface area contributed by atoms with Gasteiger partial charge in [0.25, 0.3) is 0 Å². The smallest absolute Gasteiger partial charge is 0.326 e. The van der Waals surface area contributed by atoms with Gasteiger partial charge in [-0.05, 0) is 6.42 Å². The van der Waals surface area contributed by atoms with Gasteiger partial charge in [-0.2, -0.15) is 0 Å². The number of aliphatic carboxylic acids is 1. The van der Waals surface area contributed by atoms with E-state index in [2.05, 4.69) is 5.32 Å². The molecule has 0 saturated carbocycles. The first-order chi connectivity index (χ1) is 10.3. The molecule has 0 unspecified atom stereocenters. The van der Waals surface area contributed by atoms with Crippen molar-refractivity contribution in [2.45, 2.75) is 57.7 Å². The number of β-amino-alcohol motifs (C(OH)–C–C–N with tert-alkyl or cyclic N) is 1. The Kier molecular flexibility index (Phi) is 6.48. The third-order valence-electron chi connectivity index (χ3n) is 3.71. The highest BCUT2D eigenvalue weighted by Crippen LogP contribution is 2.18. The molecule has 1 aliphatic rings. The lowest BCUT2D eigenvalue weighted by molar-refractivity contribution is -0.143. The second-order valence-corrected chi connectivity index (χ2v) is 5.41. The first-order valence-electron chi connectivity index (χ1n) is 7.26. The lowest BCUT2D eigenvalue weighted by Gasteiger charge is -2.24. The second-order valence-electron chi connectivity index (χ2n) is 5.41. The number of carbonyl (C=O) groups is 4. The maximum absolute atomic E-state index is 12.2. The zero-order valence-corrected chi connectivity index (χ0v) is 12.7. The number of Topliss-reactive ketones (excluding diaryl/α,β-unsaturated/α-hetero) is 1. The lowest BCUT2D eigenvalue weighted by Crippen LogP contribution is -2.50. The van der Waals surface area contributed by atoms with Crippen LogP contribution in [-0.4, -0.2) is 63.4 Å². The van der Waals surface area contributed by atoms with Crippen molar-refractivity contribution in [3.8, 4) is 0 Å². The maximum Gasteiger partial charge on any atom is 0.326 e.